The number of alkyl halides is 3. The van der Waals surface area contributed by atoms with Gasteiger partial charge >= 0.3 is 6.18 Å². The summed E-state index contributed by atoms with van der Waals surface area (Å²) in [5, 5.41) is 19.0. The fourth-order valence-corrected chi connectivity index (χ4v) is 3.57. The predicted molar refractivity (Wildman–Crippen MR) is 70.7 cm³/mol. The second-order valence-corrected chi connectivity index (χ2v) is 5.76. The number of halogens is 3. The van der Waals surface area contributed by atoms with Crippen LogP contribution in [0.25, 0.3) is 0 Å². The number of anilines is 1. The van der Waals surface area contributed by atoms with E-state index in [4.69, 9.17) is 0 Å². The lowest BCUT2D eigenvalue weighted by Gasteiger charge is -2.39. The number of hydrogen-bond acceptors (Lipinski definition) is 3. The molecule has 2 saturated heterocycles. The Morgan fingerprint density at radius 2 is 1.81 bits per heavy atom. The van der Waals surface area contributed by atoms with Crippen LogP contribution in [0.3, 0.4) is 0 Å². The Morgan fingerprint density at radius 1 is 1.19 bits per heavy atom. The molecule has 2 aliphatic rings. The van der Waals surface area contributed by atoms with E-state index >= 15 is 0 Å². The van der Waals surface area contributed by atoms with E-state index in [2.05, 4.69) is 0 Å². The van der Waals surface area contributed by atoms with Gasteiger partial charge in [0, 0.05) is 12.1 Å². The summed E-state index contributed by atoms with van der Waals surface area (Å²) in [5.74, 6) is 0. The van der Waals surface area contributed by atoms with Gasteiger partial charge in [-0.25, -0.2) is 0 Å². The summed E-state index contributed by atoms with van der Waals surface area (Å²) < 4.78 is 38.2. The van der Waals surface area contributed by atoms with Crippen molar-refractivity contribution in [2.24, 2.45) is 0 Å². The zero-order chi connectivity index (χ0) is 15.2. The molecular formula is C15H15F3N2O. The van der Waals surface area contributed by atoms with Gasteiger partial charge in [0.2, 0.25) is 0 Å². The molecule has 21 heavy (non-hydrogen) atoms. The predicted octanol–water partition coefficient (Wildman–Crippen LogP) is 3.07. The van der Waals surface area contributed by atoms with Gasteiger partial charge in [-0.15, -0.1) is 0 Å². The van der Waals surface area contributed by atoms with Gasteiger partial charge in [0.25, 0.3) is 0 Å². The third-order valence-electron chi connectivity index (χ3n) is 4.43. The van der Waals surface area contributed by atoms with Crippen LogP contribution in [-0.2, 0) is 6.18 Å². The van der Waals surface area contributed by atoms with Crippen molar-refractivity contribution < 1.29 is 18.3 Å². The third-order valence-corrected chi connectivity index (χ3v) is 4.43. The Kier molecular flexibility index (Phi) is 3.33. The summed E-state index contributed by atoms with van der Waals surface area (Å²) >= 11 is 0. The molecule has 6 heteroatoms. The Hall–Kier alpha value is -1.74. The molecule has 3 rings (SSSR count). The lowest BCUT2D eigenvalue weighted by Crippen LogP contribution is -2.45. The minimum Gasteiger partial charge on any atom is -0.393 e. The monoisotopic (exact) mass is 296 g/mol. The van der Waals surface area contributed by atoms with Gasteiger partial charge in [0.15, 0.2) is 0 Å². The van der Waals surface area contributed by atoms with E-state index in [1.165, 1.54) is 6.07 Å². The van der Waals surface area contributed by atoms with Crippen LogP contribution < -0.4 is 4.90 Å². The van der Waals surface area contributed by atoms with E-state index in [0.717, 1.165) is 25.0 Å². The molecule has 1 aromatic rings. The fraction of sp³-hybridized carbons (Fsp3) is 0.533. The summed E-state index contributed by atoms with van der Waals surface area (Å²) in [6.45, 7) is 0. The topological polar surface area (TPSA) is 47.3 Å². The molecule has 2 aliphatic heterocycles. The van der Waals surface area contributed by atoms with Gasteiger partial charge in [-0.05, 0) is 43.9 Å². The summed E-state index contributed by atoms with van der Waals surface area (Å²) in [6.07, 6.45) is -1.74. The molecule has 0 aromatic heterocycles. The van der Waals surface area contributed by atoms with Crippen LogP contribution in [-0.4, -0.2) is 23.3 Å². The van der Waals surface area contributed by atoms with Crippen LogP contribution in [0.4, 0.5) is 18.9 Å². The molecule has 1 N–H and O–H groups in total. The molecule has 2 bridgehead atoms. The van der Waals surface area contributed by atoms with Crippen LogP contribution >= 0.6 is 0 Å². The van der Waals surface area contributed by atoms with E-state index in [-0.39, 0.29) is 23.8 Å². The van der Waals surface area contributed by atoms with Crippen LogP contribution in [0.2, 0.25) is 0 Å². The number of nitriles is 1. The number of nitrogens with zero attached hydrogens (tertiary/aromatic N) is 2. The minimum absolute atomic E-state index is 0.0538. The van der Waals surface area contributed by atoms with E-state index in [1.807, 2.05) is 11.0 Å². The summed E-state index contributed by atoms with van der Waals surface area (Å²) in [4.78, 5) is 2.03. The number of aliphatic hydroxyl groups is 1. The lowest BCUT2D eigenvalue weighted by atomic mass is 9.97. The third kappa shape index (κ3) is 2.46. The summed E-state index contributed by atoms with van der Waals surface area (Å²) in [7, 11) is 0. The highest BCUT2D eigenvalue weighted by atomic mass is 19.4. The molecule has 2 atom stereocenters. The van der Waals surface area contributed by atoms with Gasteiger partial charge < -0.3 is 10.0 Å². The SMILES string of the molecule is N#Cc1cc(C(F)(F)F)ccc1N1C2CCC1CC(O)C2. The zero-order valence-corrected chi connectivity index (χ0v) is 11.3. The zero-order valence-electron chi connectivity index (χ0n) is 11.3. The largest absolute Gasteiger partial charge is 0.416 e. The number of benzene rings is 1. The number of hydrogen-bond donors (Lipinski definition) is 1. The van der Waals surface area contributed by atoms with E-state index in [0.29, 0.717) is 18.5 Å². The highest BCUT2D eigenvalue weighted by Gasteiger charge is 2.41. The first-order valence-electron chi connectivity index (χ1n) is 6.98. The van der Waals surface area contributed by atoms with Crippen molar-refractivity contribution in [2.45, 2.75) is 50.0 Å². The first-order chi connectivity index (χ1) is 9.90. The number of piperidine rings is 1. The van der Waals surface area contributed by atoms with Crippen molar-refractivity contribution in [3.8, 4) is 6.07 Å². The Bertz CT molecular complexity index is 580. The van der Waals surface area contributed by atoms with Gasteiger partial charge in [0.05, 0.1) is 22.9 Å². The van der Waals surface area contributed by atoms with E-state index in [1.54, 1.807) is 0 Å². The van der Waals surface area contributed by atoms with Gasteiger partial charge in [0.1, 0.15) is 6.07 Å². The van der Waals surface area contributed by atoms with Crippen molar-refractivity contribution >= 4 is 5.69 Å². The molecule has 0 amide bonds. The van der Waals surface area contributed by atoms with Gasteiger partial charge in [-0.3, -0.25) is 0 Å². The van der Waals surface area contributed by atoms with Gasteiger partial charge in [-0.1, -0.05) is 0 Å². The average molecular weight is 296 g/mol. The van der Waals surface area contributed by atoms with Crippen molar-refractivity contribution in [2.75, 3.05) is 4.90 Å². The second-order valence-electron chi connectivity index (χ2n) is 5.76. The maximum atomic E-state index is 12.7. The highest BCUT2D eigenvalue weighted by molar-refractivity contribution is 5.63. The maximum absolute atomic E-state index is 12.7. The number of fused-ring (bicyclic) bond motifs is 2. The first-order valence-corrected chi connectivity index (χ1v) is 6.98. The van der Waals surface area contributed by atoms with Crippen molar-refractivity contribution in [1.82, 2.24) is 0 Å². The normalized spacial score (nSPS) is 28.5. The molecule has 2 fully saturated rings. The molecule has 2 unspecified atom stereocenters. The first kappa shape index (κ1) is 14.2. The van der Waals surface area contributed by atoms with Crippen molar-refractivity contribution in [3.05, 3.63) is 29.3 Å². The van der Waals surface area contributed by atoms with Gasteiger partial charge in [-0.2, -0.15) is 18.4 Å². The molecule has 1 aromatic carbocycles. The molecule has 0 aliphatic carbocycles. The fourth-order valence-electron chi connectivity index (χ4n) is 3.57. The maximum Gasteiger partial charge on any atom is 0.416 e. The van der Waals surface area contributed by atoms with E-state index in [9.17, 15) is 23.5 Å². The smallest absolute Gasteiger partial charge is 0.393 e. The Balaban J connectivity index is 1.98. The molecule has 112 valence electrons. The van der Waals surface area contributed by atoms with Crippen LogP contribution in [0.5, 0.6) is 0 Å². The minimum atomic E-state index is -4.44. The van der Waals surface area contributed by atoms with Crippen LogP contribution in [0.1, 0.15) is 36.8 Å². The lowest BCUT2D eigenvalue weighted by molar-refractivity contribution is -0.137. The van der Waals surface area contributed by atoms with Crippen molar-refractivity contribution in [1.29, 1.82) is 5.26 Å². The van der Waals surface area contributed by atoms with Crippen LogP contribution in [0, 0.1) is 11.3 Å². The van der Waals surface area contributed by atoms with Crippen LogP contribution in [0.15, 0.2) is 18.2 Å². The molecule has 0 saturated carbocycles. The van der Waals surface area contributed by atoms with E-state index < -0.39 is 11.7 Å². The summed E-state index contributed by atoms with van der Waals surface area (Å²) in [5.41, 5.74) is -0.185. The Morgan fingerprint density at radius 3 is 2.33 bits per heavy atom. The molecule has 0 spiro atoms. The van der Waals surface area contributed by atoms with Crippen molar-refractivity contribution in [3.63, 3.8) is 0 Å². The molecular weight excluding hydrogens is 281 g/mol. The standard InChI is InChI=1S/C15H15F3N2O/c16-15(17,18)10-1-4-14(9(5-10)8-19)20-11-2-3-12(20)7-13(21)6-11/h1,4-5,11-13,21H,2-3,6-7H2. The average Bonchev–Trinajstić information content (AvgIpc) is 2.68. The second kappa shape index (κ2) is 4.92. The Labute approximate surface area is 120 Å². The molecule has 2 heterocycles. The highest BCUT2D eigenvalue weighted by Crippen LogP contribution is 2.41. The molecule has 0 radical (unpaired) electrons. The number of rotatable bonds is 1. The molecule has 3 nitrogen and oxygen atoms in total. The number of aliphatic hydroxyl groups excluding tert-OH is 1. The summed E-state index contributed by atoms with van der Waals surface area (Å²) in [6, 6.07) is 5.45. The quantitative estimate of drug-likeness (QED) is 0.866.